The van der Waals surface area contributed by atoms with E-state index in [2.05, 4.69) is 9.84 Å². The van der Waals surface area contributed by atoms with Gasteiger partial charge in [-0.2, -0.15) is 13.9 Å². The van der Waals surface area contributed by atoms with E-state index in [1.165, 1.54) is 31.0 Å². The van der Waals surface area contributed by atoms with Crippen LogP contribution >= 0.6 is 0 Å². The van der Waals surface area contributed by atoms with Gasteiger partial charge in [-0.15, -0.1) is 0 Å². The van der Waals surface area contributed by atoms with Crippen molar-refractivity contribution in [3.05, 3.63) is 46.4 Å². The minimum Gasteiger partial charge on any atom is -0.491 e. The summed E-state index contributed by atoms with van der Waals surface area (Å²) >= 11 is 0. The Bertz CT molecular complexity index is 671. The minimum atomic E-state index is -2.95. The molecule has 0 N–H and O–H groups in total. The molecule has 0 radical (unpaired) electrons. The summed E-state index contributed by atoms with van der Waals surface area (Å²) in [6.45, 7) is -1.43. The van der Waals surface area contributed by atoms with E-state index in [1.807, 2.05) is 0 Å². The van der Waals surface area contributed by atoms with Crippen molar-refractivity contribution < 1.29 is 18.3 Å². The standard InChI is InChI=1S/C13H12F2N2O3/c1-8-12(18)11(19-2)7-17(16-8)9-5-3-4-6-10(9)20-13(14)15/h3-7,13H,1-2H3. The highest BCUT2D eigenvalue weighted by Crippen LogP contribution is 2.24. The van der Waals surface area contributed by atoms with Crippen molar-refractivity contribution in [2.24, 2.45) is 0 Å². The summed E-state index contributed by atoms with van der Waals surface area (Å²) in [6, 6.07) is 6.15. The Kier molecular flexibility index (Phi) is 3.97. The first-order valence-electron chi connectivity index (χ1n) is 5.71. The van der Waals surface area contributed by atoms with Crippen molar-refractivity contribution >= 4 is 0 Å². The molecule has 0 atom stereocenters. The molecule has 5 nitrogen and oxygen atoms in total. The molecule has 1 aromatic heterocycles. The van der Waals surface area contributed by atoms with Gasteiger partial charge in [0.05, 0.1) is 13.3 Å². The molecule has 0 unspecified atom stereocenters. The van der Waals surface area contributed by atoms with Crippen LogP contribution in [-0.4, -0.2) is 23.5 Å². The van der Waals surface area contributed by atoms with E-state index in [1.54, 1.807) is 18.2 Å². The molecular weight excluding hydrogens is 270 g/mol. The minimum absolute atomic E-state index is 0.0416. The molecule has 0 aliphatic rings. The van der Waals surface area contributed by atoms with Gasteiger partial charge in [-0.25, -0.2) is 4.68 Å². The molecule has 106 valence electrons. The van der Waals surface area contributed by atoms with E-state index >= 15 is 0 Å². The summed E-state index contributed by atoms with van der Waals surface area (Å²) in [5.74, 6) is 0.0319. The normalized spacial score (nSPS) is 10.7. The first kappa shape index (κ1) is 14.0. The fourth-order valence-corrected chi connectivity index (χ4v) is 1.69. The van der Waals surface area contributed by atoms with Gasteiger partial charge in [-0.1, -0.05) is 12.1 Å². The van der Waals surface area contributed by atoms with Gasteiger partial charge >= 0.3 is 6.61 Å². The summed E-state index contributed by atoms with van der Waals surface area (Å²) in [7, 11) is 1.35. The second-order valence-corrected chi connectivity index (χ2v) is 3.90. The lowest BCUT2D eigenvalue weighted by atomic mass is 10.3. The topological polar surface area (TPSA) is 53.4 Å². The lowest BCUT2D eigenvalue weighted by molar-refractivity contribution is -0.0499. The van der Waals surface area contributed by atoms with Gasteiger partial charge in [0.2, 0.25) is 5.43 Å². The van der Waals surface area contributed by atoms with Crippen LogP contribution in [0.3, 0.4) is 0 Å². The third-order valence-electron chi connectivity index (χ3n) is 2.60. The summed E-state index contributed by atoms with van der Waals surface area (Å²) in [5, 5.41) is 4.02. The Morgan fingerprint density at radius 3 is 2.60 bits per heavy atom. The quantitative estimate of drug-likeness (QED) is 0.862. The maximum atomic E-state index is 12.4. The van der Waals surface area contributed by atoms with Crippen LogP contribution in [0.1, 0.15) is 5.69 Å². The van der Waals surface area contributed by atoms with E-state index < -0.39 is 6.61 Å². The highest BCUT2D eigenvalue weighted by molar-refractivity contribution is 5.46. The zero-order valence-electron chi connectivity index (χ0n) is 10.8. The van der Waals surface area contributed by atoms with Gasteiger partial charge in [-0.05, 0) is 19.1 Å². The Balaban J connectivity index is 2.57. The van der Waals surface area contributed by atoms with Crippen molar-refractivity contribution in [3.8, 4) is 17.2 Å². The van der Waals surface area contributed by atoms with E-state index in [4.69, 9.17) is 4.74 Å². The van der Waals surface area contributed by atoms with Crippen LogP contribution in [0.4, 0.5) is 8.78 Å². The number of benzene rings is 1. The Labute approximate surface area is 113 Å². The molecule has 1 heterocycles. The molecule has 0 bridgehead atoms. The number of aryl methyl sites for hydroxylation is 1. The molecule has 0 saturated heterocycles. The molecule has 0 saturated carbocycles. The SMILES string of the molecule is COc1cn(-c2ccccc2OC(F)F)nc(C)c1=O. The first-order chi connectivity index (χ1) is 9.52. The number of nitrogens with zero attached hydrogens (tertiary/aromatic N) is 2. The molecule has 20 heavy (non-hydrogen) atoms. The number of aromatic nitrogens is 2. The third-order valence-corrected chi connectivity index (χ3v) is 2.60. The second kappa shape index (κ2) is 5.68. The van der Waals surface area contributed by atoms with Crippen molar-refractivity contribution in [2.75, 3.05) is 7.11 Å². The molecule has 2 aromatic rings. The van der Waals surface area contributed by atoms with Crippen molar-refractivity contribution in [1.29, 1.82) is 0 Å². The van der Waals surface area contributed by atoms with E-state index in [9.17, 15) is 13.6 Å². The van der Waals surface area contributed by atoms with E-state index in [-0.39, 0.29) is 28.3 Å². The molecule has 1 aromatic carbocycles. The number of halogens is 2. The summed E-state index contributed by atoms with van der Waals surface area (Å²) in [4.78, 5) is 11.7. The number of hydrogen-bond acceptors (Lipinski definition) is 4. The van der Waals surface area contributed by atoms with Crippen LogP contribution in [0.25, 0.3) is 5.69 Å². The predicted molar refractivity (Wildman–Crippen MR) is 67.8 cm³/mol. The van der Waals surface area contributed by atoms with Crippen LogP contribution in [0.2, 0.25) is 0 Å². The second-order valence-electron chi connectivity index (χ2n) is 3.90. The fraction of sp³-hybridized carbons (Fsp3) is 0.231. The molecule has 0 aliphatic heterocycles. The molecule has 7 heteroatoms. The van der Waals surface area contributed by atoms with Crippen LogP contribution < -0.4 is 14.9 Å². The molecular formula is C13H12F2N2O3. The van der Waals surface area contributed by atoms with E-state index in [0.29, 0.717) is 0 Å². The van der Waals surface area contributed by atoms with Crippen LogP contribution in [0.5, 0.6) is 11.5 Å². The lowest BCUT2D eigenvalue weighted by Gasteiger charge is -2.13. The van der Waals surface area contributed by atoms with Gasteiger partial charge in [0.15, 0.2) is 11.5 Å². The van der Waals surface area contributed by atoms with Gasteiger partial charge in [0.25, 0.3) is 0 Å². The number of hydrogen-bond donors (Lipinski definition) is 0. The highest BCUT2D eigenvalue weighted by atomic mass is 19.3. The van der Waals surface area contributed by atoms with Crippen molar-refractivity contribution in [1.82, 2.24) is 9.78 Å². The average Bonchev–Trinajstić information content (AvgIpc) is 2.42. The first-order valence-corrected chi connectivity index (χ1v) is 5.71. The summed E-state index contributed by atoms with van der Waals surface area (Å²) in [5.41, 5.74) is 0.126. The van der Waals surface area contributed by atoms with Gasteiger partial charge in [-0.3, -0.25) is 4.79 Å². The Morgan fingerprint density at radius 2 is 1.95 bits per heavy atom. The maximum absolute atomic E-state index is 12.4. The third kappa shape index (κ3) is 2.76. The predicted octanol–water partition coefficient (Wildman–Crippen LogP) is 2.15. The maximum Gasteiger partial charge on any atom is 0.387 e. The van der Waals surface area contributed by atoms with E-state index in [0.717, 1.165) is 0 Å². The highest BCUT2D eigenvalue weighted by Gasteiger charge is 2.13. The number of rotatable bonds is 4. The van der Waals surface area contributed by atoms with Gasteiger partial charge in [0.1, 0.15) is 11.4 Å². The number of alkyl halides is 2. The summed E-state index contributed by atoms with van der Waals surface area (Å²) < 4.78 is 35.4. The number of para-hydroxylation sites is 2. The zero-order valence-corrected chi connectivity index (χ0v) is 10.8. The average molecular weight is 282 g/mol. The Hall–Kier alpha value is -2.44. The lowest BCUT2D eigenvalue weighted by Crippen LogP contribution is -2.17. The Morgan fingerprint density at radius 1 is 1.25 bits per heavy atom. The van der Waals surface area contributed by atoms with Crippen molar-refractivity contribution in [2.45, 2.75) is 13.5 Å². The van der Waals surface area contributed by atoms with Crippen molar-refractivity contribution in [3.63, 3.8) is 0 Å². The van der Waals surface area contributed by atoms with Gasteiger partial charge < -0.3 is 9.47 Å². The van der Waals surface area contributed by atoms with Crippen LogP contribution in [-0.2, 0) is 0 Å². The van der Waals surface area contributed by atoms with Crippen LogP contribution in [0.15, 0.2) is 35.3 Å². The smallest absolute Gasteiger partial charge is 0.387 e. The molecule has 0 aliphatic carbocycles. The fourth-order valence-electron chi connectivity index (χ4n) is 1.69. The van der Waals surface area contributed by atoms with Crippen LogP contribution in [0, 0.1) is 6.92 Å². The van der Waals surface area contributed by atoms with Gasteiger partial charge in [0, 0.05) is 0 Å². The molecule has 0 fully saturated rings. The molecule has 2 rings (SSSR count). The number of methoxy groups -OCH3 is 1. The monoisotopic (exact) mass is 282 g/mol. The molecule has 0 amide bonds. The number of ether oxygens (including phenoxy) is 2. The largest absolute Gasteiger partial charge is 0.491 e. The summed E-state index contributed by atoms with van der Waals surface area (Å²) in [6.07, 6.45) is 1.32. The molecule has 0 spiro atoms. The zero-order chi connectivity index (χ0) is 14.7.